The first kappa shape index (κ1) is 10.2. The van der Waals surface area contributed by atoms with E-state index in [1.807, 2.05) is 18.2 Å². The number of allylic oxidation sites excluding steroid dienone is 1. The third-order valence-corrected chi connectivity index (χ3v) is 3.17. The van der Waals surface area contributed by atoms with Crippen LogP contribution in [0.4, 0.5) is 0 Å². The van der Waals surface area contributed by atoms with Crippen LogP contribution in [0.2, 0.25) is 0 Å². The number of fused-ring (bicyclic) bond motifs is 1. The Labute approximate surface area is 101 Å². The van der Waals surface area contributed by atoms with Crippen LogP contribution in [0.5, 0.6) is 0 Å². The summed E-state index contributed by atoms with van der Waals surface area (Å²) >= 11 is 0. The molecule has 1 aliphatic rings. The maximum Gasteiger partial charge on any atom is 0.130 e. The monoisotopic (exact) mass is 222 g/mol. The zero-order valence-electron chi connectivity index (χ0n) is 9.81. The highest BCUT2D eigenvalue weighted by atomic mass is 16.5. The number of benzene rings is 2. The fourth-order valence-corrected chi connectivity index (χ4v) is 2.28. The molecule has 3 rings (SSSR count). The van der Waals surface area contributed by atoms with E-state index in [0.717, 1.165) is 11.3 Å². The van der Waals surface area contributed by atoms with E-state index in [-0.39, 0.29) is 0 Å². The molecule has 0 aliphatic carbocycles. The van der Waals surface area contributed by atoms with Crippen molar-refractivity contribution in [3.05, 3.63) is 71.3 Å². The second-order valence-corrected chi connectivity index (χ2v) is 4.27. The van der Waals surface area contributed by atoms with E-state index in [0.29, 0.717) is 6.61 Å². The topological polar surface area (TPSA) is 9.23 Å². The van der Waals surface area contributed by atoms with Crippen molar-refractivity contribution in [1.29, 1.82) is 0 Å². The summed E-state index contributed by atoms with van der Waals surface area (Å²) in [5.41, 5.74) is 4.94. The zero-order valence-corrected chi connectivity index (χ0v) is 9.81. The molecule has 1 heteroatoms. The number of hydrogen-bond acceptors (Lipinski definition) is 1. The molecule has 2 aromatic carbocycles. The normalized spacial score (nSPS) is 14.2. The second-order valence-electron chi connectivity index (χ2n) is 4.27. The van der Waals surface area contributed by atoms with E-state index in [2.05, 4.69) is 43.3 Å². The highest BCUT2D eigenvalue weighted by molar-refractivity contribution is 5.88. The third kappa shape index (κ3) is 1.74. The van der Waals surface area contributed by atoms with Crippen LogP contribution in [-0.2, 0) is 11.3 Å². The summed E-state index contributed by atoms with van der Waals surface area (Å²) in [5.74, 6) is 1.00. The van der Waals surface area contributed by atoms with E-state index < -0.39 is 0 Å². The van der Waals surface area contributed by atoms with Gasteiger partial charge in [0.1, 0.15) is 12.4 Å². The Hall–Kier alpha value is -2.02. The Balaban J connectivity index is 2.14. The lowest BCUT2D eigenvalue weighted by Crippen LogP contribution is -2.05. The van der Waals surface area contributed by atoms with Gasteiger partial charge in [0.2, 0.25) is 0 Å². The second kappa shape index (κ2) is 4.10. The Morgan fingerprint density at radius 2 is 1.59 bits per heavy atom. The first-order valence-electron chi connectivity index (χ1n) is 5.83. The van der Waals surface area contributed by atoms with Crippen LogP contribution in [0.3, 0.4) is 0 Å². The summed E-state index contributed by atoms with van der Waals surface area (Å²) in [4.78, 5) is 0. The largest absolute Gasteiger partial charge is 0.488 e. The first-order valence-corrected chi connectivity index (χ1v) is 5.83. The molecule has 0 aromatic heterocycles. The quantitative estimate of drug-likeness (QED) is 0.705. The molecule has 0 amide bonds. The van der Waals surface area contributed by atoms with Gasteiger partial charge in [-0.2, -0.15) is 0 Å². The van der Waals surface area contributed by atoms with Gasteiger partial charge in [-0.05, 0) is 23.6 Å². The van der Waals surface area contributed by atoms with E-state index in [4.69, 9.17) is 4.74 Å². The maximum atomic E-state index is 5.88. The molecular weight excluding hydrogens is 208 g/mol. The molecule has 0 spiro atoms. The van der Waals surface area contributed by atoms with Crippen LogP contribution in [-0.4, -0.2) is 0 Å². The average Bonchev–Trinajstić information content (AvgIpc) is 2.40. The van der Waals surface area contributed by atoms with Gasteiger partial charge in [0.15, 0.2) is 0 Å². The van der Waals surface area contributed by atoms with E-state index in [1.165, 1.54) is 16.7 Å². The SMILES string of the molecule is CC1=C(c2ccccc2)OCc2ccccc21. The van der Waals surface area contributed by atoms with Crippen molar-refractivity contribution in [2.45, 2.75) is 13.5 Å². The molecule has 0 bridgehead atoms. The van der Waals surface area contributed by atoms with Gasteiger partial charge < -0.3 is 4.74 Å². The highest BCUT2D eigenvalue weighted by Crippen LogP contribution is 2.34. The Bertz CT molecular complexity index is 567. The van der Waals surface area contributed by atoms with Gasteiger partial charge >= 0.3 is 0 Å². The van der Waals surface area contributed by atoms with Crippen LogP contribution in [0, 0.1) is 0 Å². The van der Waals surface area contributed by atoms with Crippen molar-refractivity contribution in [2.75, 3.05) is 0 Å². The van der Waals surface area contributed by atoms with Crippen LogP contribution in [0.15, 0.2) is 54.6 Å². The average molecular weight is 222 g/mol. The standard InChI is InChI=1S/C16H14O/c1-12-15-10-6-5-9-14(15)11-17-16(12)13-7-3-2-4-8-13/h2-10H,11H2,1H3. The van der Waals surface area contributed by atoms with Gasteiger partial charge in [-0.1, -0.05) is 54.6 Å². The smallest absolute Gasteiger partial charge is 0.130 e. The Morgan fingerprint density at radius 1 is 0.882 bits per heavy atom. The van der Waals surface area contributed by atoms with Gasteiger partial charge in [0.05, 0.1) is 0 Å². The van der Waals surface area contributed by atoms with Crippen molar-refractivity contribution < 1.29 is 4.74 Å². The highest BCUT2D eigenvalue weighted by Gasteiger charge is 2.17. The maximum absolute atomic E-state index is 5.88. The lowest BCUT2D eigenvalue weighted by Gasteiger charge is -2.22. The predicted octanol–water partition coefficient (Wildman–Crippen LogP) is 4.11. The minimum atomic E-state index is 0.664. The number of hydrogen-bond donors (Lipinski definition) is 0. The molecule has 0 fully saturated rings. The minimum absolute atomic E-state index is 0.664. The minimum Gasteiger partial charge on any atom is -0.488 e. The molecular formula is C16H14O. The van der Waals surface area contributed by atoms with E-state index >= 15 is 0 Å². The molecule has 2 aromatic rings. The van der Waals surface area contributed by atoms with Crippen molar-refractivity contribution in [1.82, 2.24) is 0 Å². The van der Waals surface area contributed by atoms with E-state index in [1.54, 1.807) is 0 Å². The van der Waals surface area contributed by atoms with Crippen LogP contribution in [0.25, 0.3) is 11.3 Å². The van der Waals surface area contributed by atoms with Crippen LogP contribution < -0.4 is 0 Å². The lowest BCUT2D eigenvalue weighted by atomic mass is 9.96. The molecule has 1 heterocycles. The predicted molar refractivity (Wildman–Crippen MR) is 70.2 cm³/mol. The first-order chi connectivity index (χ1) is 8.36. The summed E-state index contributed by atoms with van der Waals surface area (Å²) in [6, 6.07) is 18.7. The molecule has 0 atom stereocenters. The number of rotatable bonds is 1. The van der Waals surface area contributed by atoms with Crippen molar-refractivity contribution in [3.63, 3.8) is 0 Å². The van der Waals surface area contributed by atoms with Crippen molar-refractivity contribution in [3.8, 4) is 0 Å². The van der Waals surface area contributed by atoms with Gasteiger partial charge in [0.25, 0.3) is 0 Å². The van der Waals surface area contributed by atoms with Crippen LogP contribution in [0.1, 0.15) is 23.6 Å². The van der Waals surface area contributed by atoms with Gasteiger partial charge in [-0.25, -0.2) is 0 Å². The van der Waals surface area contributed by atoms with E-state index in [9.17, 15) is 0 Å². The fourth-order valence-electron chi connectivity index (χ4n) is 2.28. The molecule has 0 saturated carbocycles. The summed E-state index contributed by atoms with van der Waals surface area (Å²) in [5, 5.41) is 0. The van der Waals surface area contributed by atoms with Crippen LogP contribution >= 0.6 is 0 Å². The molecule has 84 valence electrons. The van der Waals surface area contributed by atoms with Crippen molar-refractivity contribution >= 4 is 11.3 Å². The van der Waals surface area contributed by atoms with Gasteiger partial charge in [0, 0.05) is 5.56 Å². The summed E-state index contributed by atoms with van der Waals surface area (Å²) < 4.78 is 5.88. The molecule has 0 saturated heterocycles. The van der Waals surface area contributed by atoms with Crippen molar-refractivity contribution in [2.24, 2.45) is 0 Å². The van der Waals surface area contributed by atoms with Gasteiger partial charge in [-0.15, -0.1) is 0 Å². The molecule has 1 nitrogen and oxygen atoms in total. The zero-order chi connectivity index (χ0) is 11.7. The third-order valence-electron chi connectivity index (χ3n) is 3.17. The molecule has 0 radical (unpaired) electrons. The molecule has 0 N–H and O–H groups in total. The number of ether oxygens (including phenoxy) is 1. The van der Waals surface area contributed by atoms with Gasteiger partial charge in [-0.3, -0.25) is 0 Å². The Morgan fingerprint density at radius 3 is 2.41 bits per heavy atom. The Kier molecular flexibility index (Phi) is 2.45. The molecule has 1 aliphatic heterocycles. The molecule has 0 unspecified atom stereocenters. The summed E-state index contributed by atoms with van der Waals surface area (Å²) in [6.45, 7) is 2.79. The lowest BCUT2D eigenvalue weighted by molar-refractivity contribution is 0.260. The molecule has 17 heavy (non-hydrogen) atoms. The summed E-state index contributed by atoms with van der Waals surface area (Å²) in [6.07, 6.45) is 0. The fraction of sp³-hybridized carbons (Fsp3) is 0.125. The summed E-state index contributed by atoms with van der Waals surface area (Å²) in [7, 11) is 0.